The number of aromatic nitrogens is 15. The number of H-pyrrole nitrogens is 2. The summed E-state index contributed by atoms with van der Waals surface area (Å²) < 4.78 is 56.1. The molecule has 34 heteroatoms. The molecule has 1 aliphatic heterocycles. The van der Waals surface area contributed by atoms with Crippen molar-refractivity contribution in [2.75, 3.05) is 42.2 Å². The van der Waals surface area contributed by atoms with E-state index in [-0.39, 0.29) is 49.6 Å². The second-order valence-corrected chi connectivity index (χ2v) is 33.8. The van der Waals surface area contributed by atoms with E-state index in [1.165, 1.54) is 95.4 Å². The Kier molecular flexibility index (Phi) is 26.7. The van der Waals surface area contributed by atoms with Crippen molar-refractivity contribution in [1.82, 2.24) is 89.9 Å². The highest BCUT2D eigenvalue weighted by Crippen LogP contribution is 2.40. The third kappa shape index (κ3) is 21.0. The fourth-order valence-electron chi connectivity index (χ4n) is 16.0. The lowest BCUT2D eigenvalue weighted by Gasteiger charge is -2.30. The summed E-state index contributed by atoms with van der Waals surface area (Å²) in [5.41, 5.74) is 9.09. The molecule has 3 amide bonds. The summed E-state index contributed by atoms with van der Waals surface area (Å²) in [4.78, 5) is 53.2. The normalized spacial score (nSPS) is 19.5. The van der Waals surface area contributed by atoms with Crippen LogP contribution in [0.2, 0.25) is 0 Å². The fraction of sp³-hybridized carbons (Fsp3) is 0.427. The molecule has 12 aromatic heterocycles. The number of anilines is 3. The van der Waals surface area contributed by atoms with Gasteiger partial charge in [0.2, 0.25) is 0 Å². The molecule has 640 valence electrons. The van der Waals surface area contributed by atoms with Crippen LogP contribution >= 0.6 is 0 Å². The Morgan fingerprint density at radius 2 is 0.797 bits per heavy atom. The zero-order valence-electron chi connectivity index (χ0n) is 69.3. The predicted octanol–water partition coefficient (Wildman–Crippen LogP) is 13.1. The molecule has 0 aromatic carbocycles. The van der Waals surface area contributed by atoms with Gasteiger partial charge in [-0.3, -0.25) is 39.5 Å². The second-order valence-electron chi connectivity index (χ2n) is 33.8. The van der Waals surface area contributed by atoms with Gasteiger partial charge in [0, 0.05) is 61.9 Å². The van der Waals surface area contributed by atoms with Gasteiger partial charge in [0.15, 0.2) is 0 Å². The Balaban J connectivity index is 0.000000151. The van der Waals surface area contributed by atoms with E-state index >= 15 is 0 Å². The van der Waals surface area contributed by atoms with Crippen molar-refractivity contribution in [2.24, 2.45) is 0 Å². The van der Waals surface area contributed by atoms with Gasteiger partial charge < -0.3 is 52.0 Å². The number of nitrogens with one attached hydrogen (secondary N) is 8. The number of ether oxygens (including phenoxy) is 1. The van der Waals surface area contributed by atoms with E-state index in [1.54, 1.807) is 31.7 Å². The number of halogens is 3. The number of hydrogen-bond donors (Lipinski definition) is 11. The molecule has 123 heavy (non-hydrogen) atoms. The number of amides is 3. The minimum Gasteiger partial charge on any atom is -0.387 e. The van der Waals surface area contributed by atoms with Crippen LogP contribution in [0.5, 0.6) is 0 Å². The maximum atomic E-state index is 14.5. The molecule has 11 N–H and O–H groups in total. The number of aromatic amines is 2. The number of nitrogens with zero attached hydrogens (tertiary/aromatic N) is 16. The van der Waals surface area contributed by atoms with Crippen LogP contribution in [0.3, 0.4) is 0 Å². The zero-order valence-corrected chi connectivity index (χ0v) is 69.3. The van der Waals surface area contributed by atoms with Gasteiger partial charge in [-0.1, -0.05) is 0 Å². The maximum Gasteiger partial charge on any atom is 0.255 e. The van der Waals surface area contributed by atoms with Crippen molar-refractivity contribution in [2.45, 2.75) is 215 Å². The van der Waals surface area contributed by atoms with Gasteiger partial charge in [-0.2, -0.15) is 46.4 Å². The SMILES string of the molecule is CC(C)(O)[C@H](F)CNC(=O)c1cnc(-c2ccc3cc(C#N)cnn23)cc1NC1CCC(c2cn[nH]c2)CC1.CC(C)(O)[C@H](F)CNC(=O)c1cnc(-c2ccc3cc(C#N)cnn23)cc1NC1CCC(c2cn[nH]c2)CC1.CC(C)(O)[C@H](F)CNC(=O)c1cnc(-c2ccc3cc(C#N)cnn23)cc1NC1CCC(c2cnn(C3CCCCO3)c2)CC1. The number of pyridine rings is 3. The number of alkyl halides is 3. The average molecular weight is 1680 g/mol. The van der Waals surface area contributed by atoms with Gasteiger partial charge in [-0.25, -0.2) is 31.4 Å². The quantitative estimate of drug-likeness (QED) is 0.0253. The number of nitriles is 3. The molecule has 3 saturated carbocycles. The fourth-order valence-corrected chi connectivity index (χ4v) is 16.0. The highest BCUT2D eigenvalue weighted by atomic mass is 19.1. The van der Waals surface area contributed by atoms with E-state index in [0.29, 0.717) is 96.8 Å². The monoisotopic (exact) mass is 1670 g/mol. The summed E-state index contributed by atoms with van der Waals surface area (Å²) in [6.45, 7) is 7.99. The van der Waals surface area contributed by atoms with Gasteiger partial charge in [-0.15, -0.1) is 0 Å². The summed E-state index contributed by atoms with van der Waals surface area (Å²) in [7, 11) is 0. The number of carbonyl (C=O) groups excluding carboxylic acids is 3. The summed E-state index contributed by atoms with van der Waals surface area (Å²) in [5.74, 6) is -0.156. The molecule has 4 atom stereocenters. The van der Waals surface area contributed by atoms with Gasteiger partial charge in [0.05, 0.1) is 175 Å². The molecular formula is C89H101F3N24O7. The Morgan fingerprint density at radius 3 is 1.10 bits per heavy atom. The molecule has 1 saturated heterocycles. The van der Waals surface area contributed by atoms with Crippen LogP contribution in [-0.4, -0.2) is 187 Å². The molecule has 12 aromatic rings. The molecule has 4 aliphatic rings. The van der Waals surface area contributed by atoms with Crippen LogP contribution in [0, 0.1) is 34.0 Å². The van der Waals surface area contributed by atoms with Crippen LogP contribution in [0.15, 0.2) is 147 Å². The lowest BCUT2D eigenvalue weighted by molar-refractivity contribution is -0.0395. The topological polar surface area (TPSA) is 430 Å². The van der Waals surface area contributed by atoms with Crippen LogP contribution in [-0.2, 0) is 4.74 Å². The van der Waals surface area contributed by atoms with Crippen LogP contribution in [0.4, 0.5) is 30.2 Å². The summed E-state index contributed by atoms with van der Waals surface area (Å²) >= 11 is 0. The van der Waals surface area contributed by atoms with Crippen molar-refractivity contribution in [3.63, 3.8) is 0 Å². The summed E-state index contributed by atoms with van der Waals surface area (Å²) in [6.07, 6.45) is 30.3. The van der Waals surface area contributed by atoms with Crippen molar-refractivity contribution in [3.05, 3.63) is 197 Å². The Labute approximate surface area is 708 Å². The smallest absolute Gasteiger partial charge is 0.255 e. The van der Waals surface area contributed by atoms with E-state index < -0.39 is 53.0 Å². The summed E-state index contributed by atoms with van der Waals surface area (Å²) in [6, 6.07) is 28.5. The third-order valence-electron chi connectivity index (χ3n) is 23.5. The van der Waals surface area contributed by atoms with E-state index in [1.807, 2.05) is 90.3 Å². The molecule has 0 spiro atoms. The third-order valence-corrected chi connectivity index (χ3v) is 23.5. The number of hydrogen-bond acceptors (Lipinski definition) is 22. The van der Waals surface area contributed by atoms with E-state index in [0.717, 1.165) is 119 Å². The first-order valence-corrected chi connectivity index (χ1v) is 41.7. The largest absolute Gasteiger partial charge is 0.387 e. The number of aliphatic hydroxyl groups is 3. The minimum absolute atomic E-state index is 0.0217. The van der Waals surface area contributed by atoms with Crippen LogP contribution in [0.1, 0.15) is 226 Å². The minimum atomic E-state index is -1.63. The first kappa shape index (κ1) is 86.4. The molecule has 0 radical (unpaired) electrons. The molecule has 0 bridgehead atoms. The van der Waals surface area contributed by atoms with Gasteiger partial charge in [0.25, 0.3) is 17.7 Å². The first-order chi connectivity index (χ1) is 59.1. The average Bonchev–Trinajstić information content (AvgIpc) is 1.69. The molecule has 13 heterocycles. The number of fused-ring (bicyclic) bond motifs is 3. The summed E-state index contributed by atoms with van der Waals surface area (Å²) in [5, 5.41) is 108. The Hall–Kier alpha value is -12.9. The van der Waals surface area contributed by atoms with Gasteiger partial charge >= 0.3 is 0 Å². The van der Waals surface area contributed by atoms with Crippen molar-refractivity contribution >= 4 is 51.3 Å². The van der Waals surface area contributed by atoms with Crippen LogP contribution in [0.25, 0.3) is 50.7 Å². The lowest BCUT2D eigenvalue weighted by Crippen LogP contribution is -2.42. The highest BCUT2D eigenvalue weighted by molar-refractivity contribution is 6.01. The lowest BCUT2D eigenvalue weighted by atomic mass is 9.83. The van der Waals surface area contributed by atoms with Crippen molar-refractivity contribution in [3.8, 4) is 52.4 Å². The molecule has 16 rings (SSSR count). The molecule has 31 nitrogen and oxygen atoms in total. The maximum absolute atomic E-state index is 14.5. The van der Waals surface area contributed by atoms with Crippen LogP contribution < -0.4 is 31.9 Å². The van der Waals surface area contributed by atoms with Crippen molar-refractivity contribution in [1.29, 1.82) is 15.8 Å². The highest BCUT2D eigenvalue weighted by Gasteiger charge is 2.34. The molecular weight excluding hydrogens is 1570 g/mol. The zero-order chi connectivity index (χ0) is 86.7. The standard InChI is InChI=1S/C33H39FN8O3.2C28H31FN8O2/c1-33(2,44)30(34)19-37-32(43)26-18-36-28(29-11-10-25-13-21(15-35)16-39-42(25)29)14-27(26)40-24-8-6-22(7-9-24)23-17-38-41(20-23)31-5-3-4-12-45-31;2*1-28(2,39)26(29)16-32-27(38)22-15-31-24(25-8-7-21-9-17(11-30)12-35-37(21)25)10-23(22)36-20-5-3-18(4-6-20)19-13-33-34-14-19/h10-11,13-14,16-18,20,22,24,30-31,44H,3-9,12,19H2,1-2H3,(H,36,40)(H,37,43);2*7-10,12-15,18,20,26,39H,3-6,16H2,1-2H3,(H,31,36)(H,32,38)(H,33,34)/t22?,24?,30-,31?;2*18?,20?,26-/m111/s1. The predicted molar refractivity (Wildman–Crippen MR) is 454 cm³/mol. The van der Waals surface area contributed by atoms with Crippen molar-refractivity contribution < 1.29 is 47.6 Å². The Morgan fingerprint density at radius 1 is 0.455 bits per heavy atom. The van der Waals surface area contributed by atoms with E-state index in [4.69, 9.17) is 4.74 Å². The first-order valence-electron chi connectivity index (χ1n) is 41.7. The van der Waals surface area contributed by atoms with Gasteiger partial charge in [-0.05, 0) is 245 Å². The van der Waals surface area contributed by atoms with Gasteiger partial charge in [0.1, 0.15) is 43.0 Å². The number of rotatable bonds is 25. The number of carbonyl (C=O) groups is 3. The second kappa shape index (κ2) is 38.0. The van der Waals surface area contributed by atoms with E-state index in [2.05, 4.69) is 112 Å². The van der Waals surface area contributed by atoms with E-state index in [9.17, 15) is 58.7 Å². The molecule has 3 aliphatic carbocycles. The molecule has 1 unspecified atom stereocenters. The Bertz CT molecular complexity index is 5570. The molecule has 4 fully saturated rings.